The lowest BCUT2D eigenvalue weighted by Gasteiger charge is -2.27. The first kappa shape index (κ1) is 14.0. The van der Waals surface area contributed by atoms with Crippen LogP contribution in [0.15, 0.2) is 30.3 Å². The first-order valence-corrected chi connectivity index (χ1v) is 7.54. The van der Waals surface area contributed by atoms with Crippen LogP contribution in [0, 0.1) is 12.8 Å². The zero-order chi connectivity index (χ0) is 14.8. The number of carbonyl (C=O) groups excluding carboxylic acids is 1. The molecule has 3 rings (SSSR count). The SMILES string of the molecule is Cc1cc(NC(=O)C2CC(C)CCN2)c2ccccc2n1. The lowest BCUT2D eigenvalue weighted by Crippen LogP contribution is -2.45. The average Bonchev–Trinajstić information content (AvgIpc) is 2.47. The van der Waals surface area contributed by atoms with Gasteiger partial charge < -0.3 is 10.6 Å². The van der Waals surface area contributed by atoms with Gasteiger partial charge in [0, 0.05) is 11.1 Å². The van der Waals surface area contributed by atoms with Crippen molar-refractivity contribution in [1.82, 2.24) is 10.3 Å². The normalized spacial score (nSPS) is 22.2. The zero-order valence-corrected chi connectivity index (χ0v) is 12.5. The number of fused-ring (bicyclic) bond motifs is 1. The van der Waals surface area contributed by atoms with Gasteiger partial charge in [0.15, 0.2) is 0 Å². The highest BCUT2D eigenvalue weighted by atomic mass is 16.2. The van der Waals surface area contributed by atoms with Crippen molar-refractivity contribution in [2.75, 3.05) is 11.9 Å². The van der Waals surface area contributed by atoms with Gasteiger partial charge in [0.05, 0.1) is 17.2 Å². The van der Waals surface area contributed by atoms with Crippen LogP contribution in [0.1, 0.15) is 25.5 Å². The molecule has 4 nitrogen and oxygen atoms in total. The molecule has 1 amide bonds. The highest BCUT2D eigenvalue weighted by Gasteiger charge is 2.24. The molecule has 0 bridgehead atoms. The van der Waals surface area contributed by atoms with Crippen LogP contribution in [0.5, 0.6) is 0 Å². The molecular weight excluding hydrogens is 262 g/mol. The van der Waals surface area contributed by atoms with Crippen molar-refractivity contribution in [2.24, 2.45) is 5.92 Å². The lowest BCUT2D eigenvalue weighted by atomic mass is 9.94. The third-order valence-electron chi connectivity index (χ3n) is 4.08. The van der Waals surface area contributed by atoms with Crippen molar-refractivity contribution in [2.45, 2.75) is 32.7 Å². The van der Waals surface area contributed by atoms with Crippen LogP contribution in [0.4, 0.5) is 5.69 Å². The molecule has 0 radical (unpaired) electrons. The number of pyridine rings is 1. The van der Waals surface area contributed by atoms with Gasteiger partial charge in [0.2, 0.25) is 5.91 Å². The Hall–Kier alpha value is -1.94. The van der Waals surface area contributed by atoms with Crippen molar-refractivity contribution in [3.05, 3.63) is 36.0 Å². The second-order valence-corrected chi connectivity index (χ2v) is 5.95. The molecule has 110 valence electrons. The molecule has 2 heterocycles. The molecule has 2 unspecified atom stereocenters. The molecule has 1 aliphatic heterocycles. The van der Waals surface area contributed by atoms with Crippen LogP contribution < -0.4 is 10.6 Å². The molecule has 0 aliphatic carbocycles. The van der Waals surface area contributed by atoms with E-state index in [1.54, 1.807) is 0 Å². The number of aryl methyl sites for hydroxylation is 1. The van der Waals surface area contributed by atoms with E-state index in [2.05, 4.69) is 22.5 Å². The van der Waals surface area contributed by atoms with E-state index in [1.165, 1.54) is 0 Å². The fourth-order valence-electron chi connectivity index (χ4n) is 2.94. The van der Waals surface area contributed by atoms with Crippen LogP contribution in [0.3, 0.4) is 0 Å². The van der Waals surface area contributed by atoms with E-state index in [0.29, 0.717) is 5.92 Å². The molecule has 4 heteroatoms. The van der Waals surface area contributed by atoms with Crippen molar-refractivity contribution in [1.29, 1.82) is 0 Å². The Kier molecular flexibility index (Phi) is 3.88. The Morgan fingerprint density at radius 2 is 2.19 bits per heavy atom. The van der Waals surface area contributed by atoms with E-state index in [1.807, 2.05) is 37.3 Å². The summed E-state index contributed by atoms with van der Waals surface area (Å²) in [5.74, 6) is 0.648. The minimum atomic E-state index is -0.0963. The van der Waals surface area contributed by atoms with E-state index in [9.17, 15) is 4.79 Å². The minimum Gasteiger partial charge on any atom is -0.324 e. The minimum absolute atomic E-state index is 0.0531. The highest BCUT2D eigenvalue weighted by molar-refractivity contribution is 6.02. The third-order valence-corrected chi connectivity index (χ3v) is 4.08. The Balaban J connectivity index is 1.85. The van der Waals surface area contributed by atoms with Gasteiger partial charge in [-0.05, 0) is 44.4 Å². The van der Waals surface area contributed by atoms with Gasteiger partial charge in [-0.1, -0.05) is 25.1 Å². The van der Waals surface area contributed by atoms with E-state index in [0.717, 1.165) is 41.7 Å². The number of hydrogen-bond donors (Lipinski definition) is 2. The quantitative estimate of drug-likeness (QED) is 0.891. The number of benzene rings is 1. The lowest BCUT2D eigenvalue weighted by molar-refractivity contribution is -0.119. The van der Waals surface area contributed by atoms with Crippen LogP contribution in [0.25, 0.3) is 10.9 Å². The number of amides is 1. The first-order valence-electron chi connectivity index (χ1n) is 7.54. The van der Waals surface area contributed by atoms with Crippen molar-refractivity contribution >= 4 is 22.5 Å². The number of aromatic nitrogens is 1. The maximum absolute atomic E-state index is 12.5. The number of para-hydroxylation sites is 1. The summed E-state index contributed by atoms with van der Waals surface area (Å²) in [4.78, 5) is 17.0. The molecule has 1 aromatic heterocycles. The molecule has 1 aromatic carbocycles. The number of carbonyl (C=O) groups is 1. The zero-order valence-electron chi connectivity index (χ0n) is 12.5. The molecular formula is C17H21N3O. The van der Waals surface area contributed by atoms with Gasteiger partial charge >= 0.3 is 0 Å². The first-order chi connectivity index (χ1) is 10.1. The highest BCUT2D eigenvalue weighted by Crippen LogP contribution is 2.24. The van der Waals surface area contributed by atoms with E-state index in [-0.39, 0.29) is 11.9 Å². The summed E-state index contributed by atoms with van der Waals surface area (Å²) in [5.41, 5.74) is 2.68. The Morgan fingerprint density at radius 3 is 3.00 bits per heavy atom. The molecule has 0 spiro atoms. The van der Waals surface area contributed by atoms with Crippen LogP contribution in [0.2, 0.25) is 0 Å². The fraction of sp³-hybridized carbons (Fsp3) is 0.412. The number of nitrogens with zero attached hydrogens (tertiary/aromatic N) is 1. The van der Waals surface area contributed by atoms with Gasteiger partial charge in [0.1, 0.15) is 0 Å². The standard InChI is InChI=1S/C17H21N3O/c1-11-7-8-18-16(9-11)17(21)20-15-10-12(2)19-14-6-4-3-5-13(14)15/h3-6,10-11,16,18H,7-9H2,1-2H3,(H,19,20,21). The van der Waals surface area contributed by atoms with Crippen LogP contribution in [-0.2, 0) is 4.79 Å². The van der Waals surface area contributed by atoms with Crippen molar-refractivity contribution < 1.29 is 4.79 Å². The summed E-state index contributed by atoms with van der Waals surface area (Å²) in [6, 6.07) is 9.74. The second kappa shape index (κ2) is 5.82. The molecule has 1 aliphatic rings. The molecule has 1 saturated heterocycles. The number of hydrogen-bond acceptors (Lipinski definition) is 3. The molecule has 2 atom stereocenters. The predicted octanol–water partition coefficient (Wildman–Crippen LogP) is 2.87. The van der Waals surface area contributed by atoms with Gasteiger partial charge in [0.25, 0.3) is 0 Å². The predicted molar refractivity (Wildman–Crippen MR) is 85.3 cm³/mol. The third kappa shape index (κ3) is 3.05. The van der Waals surface area contributed by atoms with Crippen LogP contribution in [-0.4, -0.2) is 23.5 Å². The summed E-state index contributed by atoms with van der Waals surface area (Å²) in [6.45, 7) is 5.06. The molecule has 0 saturated carbocycles. The maximum atomic E-state index is 12.5. The number of piperidine rings is 1. The maximum Gasteiger partial charge on any atom is 0.241 e. The number of rotatable bonds is 2. The Labute approximate surface area is 125 Å². The number of nitrogens with one attached hydrogen (secondary N) is 2. The summed E-state index contributed by atoms with van der Waals surface area (Å²) in [5, 5.41) is 7.37. The van der Waals surface area contributed by atoms with Gasteiger partial charge in [-0.25, -0.2) is 0 Å². The number of anilines is 1. The van der Waals surface area contributed by atoms with Crippen LogP contribution >= 0.6 is 0 Å². The monoisotopic (exact) mass is 283 g/mol. The average molecular weight is 283 g/mol. The Morgan fingerprint density at radius 1 is 1.38 bits per heavy atom. The molecule has 1 fully saturated rings. The Bertz CT molecular complexity index is 668. The molecule has 21 heavy (non-hydrogen) atoms. The molecule has 2 N–H and O–H groups in total. The largest absolute Gasteiger partial charge is 0.324 e. The van der Waals surface area contributed by atoms with E-state index < -0.39 is 0 Å². The van der Waals surface area contributed by atoms with Gasteiger partial charge in [-0.15, -0.1) is 0 Å². The van der Waals surface area contributed by atoms with E-state index in [4.69, 9.17) is 0 Å². The molecule has 2 aromatic rings. The van der Waals surface area contributed by atoms with Gasteiger partial charge in [-0.2, -0.15) is 0 Å². The van der Waals surface area contributed by atoms with Crippen molar-refractivity contribution in [3.63, 3.8) is 0 Å². The topological polar surface area (TPSA) is 54.0 Å². The summed E-state index contributed by atoms with van der Waals surface area (Å²) in [6.07, 6.45) is 2.04. The summed E-state index contributed by atoms with van der Waals surface area (Å²) < 4.78 is 0. The smallest absolute Gasteiger partial charge is 0.241 e. The second-order valence-electron chi connectivity index (χ2n) is 5.95. The van der Waals surface area contributed by atoms with E-state index >= 15 is 0 Å². The van der Waals surface area contributed by atoms with Gasteiger partial charge in [-0.3, -0.25) is 9.78 Å². The summed E-state index contributed by atoms with van der Waals surface area (Å²) >= 11 is 0. The fourth-order valence-corrected chi connectivity index (χ4v) is 2.94. The van der Waals surface area contributed by atoms with Crippen molar-refractivity contribution in [3.8, 4) is 0 Å². The summed E-state index contributed by atoms with van der Waals surface area (Å²) in [7, 11) is 0.